The second kappa shape index (κ2) is 9.19. The number of pyridine rings is 1. The Labute approximate surface area is 167 Å². The quantitative estimate of drug-likeness (QED) is 0.459. The van der Waals surface area contributed by atoms with Gasteiger partial charge in [-0.1, -0.05) is 0 Å². The number of guanidine groups is 1. The average Bonchev–Trinajstić information content (AvgIpc) is 2.63. The highest BCUT2D eigenvalue weighted by molar-refractivity contribution is 5.78. The Morgan fingerprint density at radius 2 is 1.79 bits per heavy atom. The van der Waals surface area contributed by atoms with Gasteiger partial charge in [0.2, 0.25) is 5.88 Å². The topological polar surface area (TPSA) is 93.3 Å². The molecule has 1 aromatic rings. The molecule has 1 amide bonds. The van der Waals surface area contributed by atoms with Gasteiger partial charge in [-0.05, 0) is 26.8 Å². The van der Waals surface area contributed by atoms with E-state index < -0.39 is 17.3 Å². The van der Waals surface area contributed by atoms with Crippen LogP contribution in [0.15, 0.2) is 23.3 Å². The molecule has 2 heterocycles. The number of carbonyl (C=O) groups is 1. The maximum atomic E-state index is 12.5. The molecule has 2 N–H and O–H groups in total. The third-order valence-electron chi connectivity index (χ3n) is 3.93. The molecule has 1 aliphatic heterocycles. The van der Waals surface area contributed by atoms with Gasteiger partial charge in [-0.15, -0.1) is 0 Å². The molecule has 29 heavy (non-hydrogen) atoms. The van der Waals surface area contributed by atoms with Gasteiger partial charge >= 0.3 is 12.3 Å². The van der Waals surface area contributed by atoms with Crippen molar-refractivity contribution in [3.8, 4) is 5.88 Å². The van der Waals surface area contributed by atoms with Gasteiger partial charge in [0.25, 0.3) is 0 Å². The fraction of sp³-hybridized carbons (Fsp3) is 0.611. The van der Waals surface area contributed by atoms with Gasteiger partial charge in [0.1, 0.15) is 12.2 Å². The largest absolute Gasteiger partial charge is 0.476 e. The number of carbonyl (C=O) groups excluding carboxylic acids is 1. The van der Waals surface area contributed by atoms with Crippen molar-refractivity contribution in [2.45, 2.75) is 32.5 Å². The number of alkyl halides is 3. The van der Waals surface area contributed by atoms with Crippen LogP contribution in [0.2, 0.25) is 0 Å². The van der Waals surface area contributed by atoms with E-state index in [0.29, 0.717) is 32.1 Å². The minimum atomic E-state index is -4.43. The van der Waals surface area contributed by atoms with E-state index in [2.05, 4.69) is 9.98 Å². The lowest BCUT2D eigenvalue weighted by molar-refractivity contribution is -0.137. The molecule has 0 atom stereocenters. The number of halogens is 3. The van der Waals surface area contributed by atoms with Crippen LogP contribution in [0.3, 0.4) is 0 Å². The molecular formula is C18H26F3N5O3. The SMILES string of the molecule is CC(C)(C)OC(=O)N1CCN(C(N)=NCCOc2ccc(C(F)(F)F)cn2)CC1. The van der Waals surface area contributed by atoms with Crippen molar-refractivity contribution in [1.82, 2.24) is 14.8 Å². The van der Waals surface area contributed by atoms with Gasteiger partial charge in [-0.3, -0.25) is 0 Å². The van der Waals surface area contributed by atoms with Crippen molar-refractivity contribution in [2.75, 3.05) is 39.3 Å². The summed E-state index contributed by atoms with van der Waals surface area (Å²) in [5, 5.41) is 0. The van der Waals surface area contributed by atoms with E-state index in [1.165, 1.54) is 0 Å². The normalized spacial score (nSPS) is 16.0. The monoisotopic (exact) mass is 417 g/mol. The first-order chi connectivity index (χ1) is 13.5. The molecule has 2 rings (SSSR count). The van der Waals surface area contributed by atoms with Crippen molar-refractivity contribution in [3.05, 3.63) is 23.9 Å². The molecule has 1 fully saturated rings. The van der Waals surface area contributed by atoms with Gasteiger partial charge in [0, 0.05) is 38.4 Å². The van der Waals surface area contributed by atoms with Crippen LogP contribution in [-0.2, 0) is 10.9 Å². The predicted octanol–water partition coefficient (Wildman–Crippen LogP) is 2.35. The molecule has 11 heteroatoms. The molecule has 1 aromatic heterocycles. The van der Waals surface area contributed by atoms with Crippen molar-refractivity contribution in [3.63, 3.8) is 0 Å². The van der Waals surface area contributed by atoms with E-state index in [9.17, 15) is 18.0 Å². The van der Waals surface area contributed by atoms with E-state index in [4.69, 9.17) is 15.2 Å². The molecule has 0 bridgehead atoms. The minimum Gasteiger partial charge on any atom is -0.476 e. The Balaban J connectivity index is 1.73. The van der Waals surface area contributed by atoms with E-state index in [-0.39, 0.29) is 25.1 Å². The summed E-state index contributed by atoms with van der Waals surface area (Å²) in [7, 11) is 0. The summed E-state index contributed by atoms with van der Waals surface area (Å²) < 4.78 is 48.1. The fourth-order valence-electron chi connectivity index (χ4n) is 2.49. The second-order valence-electron chi connectivity index (χ2n) is 7.43. The van der Waals surface area contributed by atoms with E-state index in [0.717, 1.165) is 18.3 Å². The Morgan fingerprint density at radius 3 is 2.31 bits per heavy atom. The summed E-state index contributed by atoms with van der Waals surface area (Å²) in [6.45, 7) is 7.77. The van der Waals surface area contributed by atoms with Gasteiger partial charge in [0.05, 0.1) is 12.1 Å². The molecule has 1 aliphatic rings. The first-order valence-electron chi connectivity index (χ1n) is 9.14. The van der Waals surface area contributed by atoms with Crippen LogP contribution in [0.25, 0.3) is 0 Å². The summed E-state index contributed by atoms with van der Waals surface area (Å²) in [5.41, 5.74) is 4.58. The van der Waals surface area contributed by atoms with Crippen molar-refractivity contribution in [1.29, 1.82) is 0 Å². The number of nitrogens with zero attached hydrogens (tertiary/aromatic N) is 4. The zero-order chi connectivity index (χ0) is 21.7. The van der Waals surface area contributed by atoms with Crippen molar-refractivity contribution >= 4 is 12.1 Å². The van der Waals surface area contributed by atoms with Gasteiger partial charge in [0.15, 0.2) is 5.96 Å². The first kappa shape index (κ1) is 22.6. The molecule has 162 valence electrons. The number of aliphatic imine (C=N–C) groups is 1. The second-order valence-corrected chi connectivity index (χ2v) is 7.43. The lowest BCUT2D eigenvalue weighted by atomic mass is 10.2. The zero-order valence-electron chi connectivity index (χ0n) is 16.7. The smallest absolute Gasteiger partial charge is 0.417 e. The lowest BCUT2D eigenvalue weighted by Crippen LogP contribution is -2.53. The highest BCUT2D eigenvalue weighted by Crippen LogP contribution is 2.29. The van der Waals surface area contributed by atoms with Crippen LogP contribution in [0.1, 0.15) is 26.3 Å². The Kier molecular flexibility index (Phi) is 7.15. The Morgan fingerprint density at radius 1 is 1.17 bits per heavy atom. The highest BCUT2D eigenvalue weighted by atomic mass is 19.4. The third-order valence-corrected chi connectivity index (χ3v) is 3.93. The third kappa shape index (κ3) is 7.31. The van der Waals surface area contributed by atoms with Crippen LogP contribution in [0, 0.1) is 0 Å². The van der Waals surface area contributed by atoms with Crippen LogP contribution >= 0.6 is 0 Å². The summed E-state index contributed by atoms with van der Waals surface area (Å²) in [4.78, 5) is 23.3. The predicted molar refractivity (Wildman–Crippen MR) is 101 cm³/mol. The molecule has 0 spiro atoms. The number of amides is 1. The minimum absolute atomic E-state index is 0.0812. The summed E-state index contributed by atoms with van der Waals surface area (Å²) in [6, 6.07) is 2.07. The Bertz CT molecular complexity index is 709. The average molecular weight is 417 g/mol. The van der Waals surface area contributed by atoms with Gasteiger partial charge in [-0.2, -0.15) is 13.2 Å². The number of aromatic nitrogens is 1. The van der Waals surface area contributed by atoms with Crippen LogP contribution in [0.5, 0.6) is 5.88 Å². The summed E-state index contributed by atoms with van der Waals surface area (Å²) in [6.07, 6.45) is -4.07. The molecule has 0 aliphatic carbocycles. The first-order valence-corrected chi connectivity index (χ1v) is 9.14. The van der Waals surface area contributed by atoms with Crippen LogP contribution in [0.4, 0.5) is 18.0 Å². The number of piperazine rings is 1. The lowest BCUT2D eigenvalue weighted by Gasteiger charge is -2.36. The highest BCUT2D eigenvalue weighted by Gasteiger charge is 2.30. The standard InChI is InChI=1S/C18H26F3N5O3/c1-17(2,3)29-16(27)26-9-7-25(8-10-26)15(22)23-6-11-28-14-5-4-13(12-24-14)18(19,20)21/h4-5,12H,6-11H2,1-3H3,(H2,22,23). The molecule has 0 radical (unpaired) electrons. The molecular weight excluding hydrogens is 391 g/mol. The maximum Gasteiger partial charge on any atom is 0.417 e. The molecule has 0 saturated carbocycles. The maximum absolute atomic E-state index is 12.5. The molecule has 8 nitrogen and oxygen atoms in total. The van der Waals surface area contributed by atoms with Gasteiger partial charge in [-0.25, -0.2) is 14.8 Å². The number of ether oxygens (including phenoxy) is 2. The van der Waals surface area contributed by atoms with E-state index >= 15 is 0 Å². The number of rotatable bonds is 4. The van der Waals surface area contributed by atoms with Crippen LogP contribution in [-0.4, -0.2) is 71.8 Å². The van der Waals surface area contributed by atoms with Crippen LogP contribution < -0.4 is 10.5 Å². The van der Waals surface area contributed by atoms with E-state index in [1.807, 2.05) is 25.7 Å². The van der Waals surface area contributed by atoms with Gasteiger partial charge < -0.3 is 25.0 Å². The molecule has 0 unspecified atom stereocenters. The molecule has 0 aromatic carbocycles. The zero-order valence-corrected chi connectivity index (χ0v) is 16.7. The summed E-state index contributed by atoms with van der Waals surface area (Å²) >= 11 is 0. The molecule has 1 saturated heterocycles. The summed E-state index contributed by atoms with van der Waals surface area (Å²) in [5.74, 6) is 0.399. The number of hydrogen-bond acceptors (Lipinski definition) is 5. The van der Waals surface area contributed by atoms with Crippen molar-refractivity contribution < 1.29 is 27.4 Å². The number of hydrogen-bond donors (Lipinski definition) is 1. The van der Waals surface area contributed by atoms with Crippen molar-refractivity contribution in [2.24, 2.45) is 10.7 Å². The fourth-order valence-corrected chi connectivity index (χ4v) is 2.49. The Hall–Kier alpha value is -2.72. The number of nitrogens with two attached hydrogens (primary N) is 1. The van der Waals surface area contributed by atoms with E-state index in [1.54, 1.807) is 4.90 Å².